The smallest absolute Gasteiger partial charge is 0.375 e. The summed E-state index contributed by atoms with van der Waals surface area (Å²) < 4.78 is 59.7. The number of hydrogen-bond donors (Lipinski definition) is 1. The minimum absolute atomic E-state index is 0.0581. The largest absolute Gasteiger partial charge is 0.406 e. The van der Waals surface area contributed by atoms with Gasteiger partial charge in [0.05, 0.1) is 32.5 Å². The van der Waals surface area contributed by atoms with Gasteiger partial charge in [0.1, 0.15) is 18.2 Å². The summed E-state index contributed by atoms with van der Waals surface area (Å²) in [5, 5.41) is 2.69. The number of ether oxygens (including phenoxy) is 3. The fourth-order valence-corrected chi connectivity index (χ4v) is 4.08. The molecule has 1 aliphatic heterocycles. The second-order valence-corrected chi connectivity index (χ2v) is 8.32. The minimum Gasteiger partial charge on any atom is -0.375 e. The Bertz CT molecular complexity index is 986. The Balaban J connectivity index is 1.49. The highest BCUT2D eigenvalue weighted by atomic mass is 19.4. The molecule has 180 valence electrons. The molecule has 0 unspecified atom stereocenters. The van der Waals surface area contributed by atoms with Crippen molar-refractivity contribution >= 4 is 0 Å². The second-order valence-electron chi connectivity index (χ2n) is 8.32. The molecular formula is C27H28F3NO3. The molecule has 1 N–H and O–H groups in total. The van der Waals surface area contributed by atoms with Crippen LogP contribution in [0.25, 0.3) is 0 Å². The molecule has 0 aliphatic carbocycles. The molecule has 1 heterocycles. The number of nitrogens with one attached hydrogen (secondary N) is 1. The van der Waals surface area contributed by atoms with Crippen LogP contribution in [0.3, 0.4) is 0 Å². The molecule has 1 fully saturated rings. The summed E-state index contributed by atoms with van der Waals surface area (Å²) in [5.41, 5.74) is 2.63. The summed E-state index contributed by atoms with van der Waals surface area (Å²) in [6.07, 6.45) is -6.55. The van der Waals surface area contributed by atoms with Crippen LogP contribution < -0.4 is 5.32 Å². The molecule has 0 amide bonds. The fraction of sp³-hybridized carbons (Fsp3) is 0.333. The van der Waals surface area contributed by atoms with Crippen LogP contribution in [-0.2, 0) is 34.0 Å². The number of halogens is 3. The highest BCUT2D eigenvalue weighted by Crippen LogP contribution is 2.34. The van der Waals surface area contributed by atoms with E-state index in [-0.39, 0.29) is 19.8 Å². The second kappa shape index (κ2) is 11.6. The van der Waals surface area contributed by atoms with Gasteiger partial charge in [-0.3, -0.25) is 5.32 Å². The normalized spacial score (nSPS) is 22.7. The zero-order chi connectivity index (χ0) is 23.8. The van der Waals surface area contributed by atoms with E-state index in [0.29, 0.717) is 6.61 Å². The van der Waals surface area contributed by atoms with E-state index in [4.69, 9.17) is 14.2 Å². The van der Waals surface area contributed by atoms with Gasteiger partial charge in [0.2, 0.25) is 0 Å². The van der Waals surface area contributed by atoms with Crippen molar-refractivity contribution in [3.63, 3.8) is 0 Å². The SMILES string of the molecule is FC(F)(F)[C@@H]1N[C@@H](COCc2ccccc2)[C@@H](OCc2ccccc2)[C@H]1OCc1ccccc1. The van der Waals surface area contributed by atoms with Gasteiger partial charge in [-0.2, -0.15) is 13.2 Å². The highest BCUT2D eigenvalue weighted by molar-refractivity contribution is 5.16. The molecule has 3 aromatic carbocycles. The topological polar surface area (TPSA) is 39.7 Å². The van der Waals surface area contributed by atoms with E-state index >= 15 is 0 Å². The number of alkyl halides is 3. The lowest BCUT2D eigenvalue weighted by Crippen LogP contribution is -2.47. The van der Waals surface area contributed by atoms with E-state index in [2.05, 4.69) is 5.32 Å². The van der Waals surface area contributed by atoms with E-state index in [1.807, 2.05) is 91.0 Å². The molecule has 0 aromatic heterocycles. The molecule has 3 aromatic rings. The van der Waals surface area contributed by atoms with Crippen molar-refractivity contribution in [3.05, 3.63) is 108 Å². The average molecular weight is 472 g/mol. The van der Waals surface area contributed by atoms with Crippen LogP contribution in [0.2, 0.25) is 0 Å². The standard InChI is InChI=1S/C27H28F3NO3/c28-27(29,30)26-25(34-18-22-14-8-3-9-15-22)24(33-17-21-12-6-2-7-13-21)23(31-26)19-32-16-20-10-4-1-5-11-20/h1-15,23-26,31H,16-19H2/t23-,24+,25+,26+/m0/s1. The molecule has 0 saturated carbocycles. The summed E-state index contributed by atoms with van der Waals surface area (Å²) >= 11 is 0. The van der Waals surface area contributed by atoms with E-state index < -0.39 is 30.5 Å². The fourth-order valence-electron chi connectivity index (χ4n) is 4.08. The van der Waals surface area contributed by atoms with Crippen molar-refractivity contribution in [1.29, 1.82) is 0 Å². The van der Waals surface area contributed by atoms with Crippen LogP contribution >= 0.6 is 0 Å². The van der Waals surface area contributed by atoms with Crippen LogP contribution in [0, 0.1) is 0 Å². The Morgan fingerprint density at radius 2 is 1.06 bits per heavy atom. The Labute approximate surface area is 197 Å². The quantitative estimate of drug-likeness (QED) is 0.437. The lowest BCUT2D eigenvalue weighted by atomic mass is 10.1. The lowest BCUT2D eigenvalue weighted by molar-refractivity contribution is -0.188. The molecule has 0 radical (unpaired) electrons. The maximum Gasteiger partial charge on any atom is 0.406 e. The molecule has 34 heavy (non-hydrogen) atoms. The Kier molecular flexibility index (Phi) is 8.34. The van der Waals surface area contributed by atoms with Crippen LogP contribution in [0.15, 0.2) is 91.0 Å². The Morgan fingerprint density at radius 1 is 0.618 bits per heavy atom. The van der Waals surface area contributed by atoms with Crippen molar-refractivity contribution in [2.75, 3.05) is 6.61 Å². The van der Waals surface area contributed by atoms with Crippen molar-refractivity contribution in [2.45, 2.75) is 50.3 Å². The predicted molar refractivity (Wildman–Crippen MR) is 123 cm³/mol. The number of rotatable bonds is 10. The molecule has 7 heteroatoms. The zero-order valence-electron chi connectivity index (χ0n) is 18.7. The third-order valence-electron chi connectivity index (χ3n) is 5.77. The molecule has 1 saturated heterocycles. The van der Waals surface area contributed by atoms with Gasteiger partial charge in [-0.1, -0.05) is 91.0 Å². The van der Waals surface area contributed by atoms with Gasteiger partial charge >= 0.3 is 6.18 Å². The summed E-state index contributed by atoms with van der Waals surface area (Å²) in [5.74, 6) is 0. The van der Waals surface area contributed by atoms with Gasteiger partial charge in [-0.15, -0.1) is 0 Å². The van der Waals surface area contributed by atoms with Crippen molar-refractivity contribution in [2.24, 2.45) is 0 Å². The first-order chi connectivity index (χ1) is 16.5. The zero-order valence-corrected chi connectivity index (χ0v) is 18.7. The van der Waals surface area contributed by atoms with E-state index in [0.717, 1.165) is 16.7 Å². The summed E-state index contributed by atoms with van der Waals surface area (Å²) in [6.45, 7) is 0.601. The van der Waals surface area contributed by atoms with Crippen LogP contribution in [0.4, 0.5) is 13.2 Å². The van der Waals surface area contributed by atoms with Gasteiger partial charge in [-0.25, -0.2) is 0 Å². The predicted octanol–water partition coefficient (Wildman–Crippen LogP) is 5.28. The summed E-state index contributed by atoms with van der Waals surface area (Å²) in [7, 11) is 0. The third kappa shape index (κ3) is 6.67. The van der Waals surface area contributed by atoms with Gasteiger partial charge < -0.3 is 14.2 Å². The van der Waals surface area contributed by atoms with Crippen LogP contribution in [0.5, 0.6) is 0 Å². The van der Waals surface area contributed by atoms with Gasteiger partial charge in [-0.05, 0) is 16.7 Å². The minimum atomic E-state index is -4.50. The maximum absolute atomic E-state index is 14.0. The van der Waals surface area contributed by atoms with Crippen molar-refractivity contribution in [3.8, 4) is 0 Å². The van der Waals surface area contributed by atoms with E-state index in [1.165, 1.54) is 0 Å². The lowest BCUT2D eigenvalue weighted by Gasteiger charge is -2.27. The Morgan fingerprint density at radius 3 is 1.53 bits per heavy atom. The summed E-state index contributed by atoms with van der Waals surface area (Å²) in [4.78, 5) is 0. The van der Waals surface area contributed by atoms with Crippen LogP contribution in [-0.4, -0.2) is 37.1 Å². The van der Waals surface area contributed by atoms with Crippen LogP contribution in [0.1, 0.15) is 16.7 Å². The average Bonchev–Trinajstić information content (AvgIpc) is 3.21. The molecule has 4 atom stereocenters. The first kappa shape index (κ1) is 24.4. The molecule has 4 nitrogen and oxygen atoms in total. The highest BCUT2D eigenvalue weighted by Gasteiger charge is 2.56. The van der Waals surface area contributed by atoms with Crippen molar-refractivity contribution in [1.82, 2.24) is 5.32 Å². The monoisotopic (exact) mass is 471 g/mol. The van der Waals surface area contributed by atoms with E-state index in [1.54, 1.807) is 0 Å². The maximum atomic E-state index is 14.0. The third-order valence-corrected chi connectivity index (χ3v) is 5.77. The molecule has 1 aliphatic rings. The van der Waals surface area contributed by atoms with Gasteiger partial charge in [0, 0.05) is 0 Å². The van der Waals surface area contributed by atoms with E-state index in [9.17, 15) is 13.2 Å². The molecular weight excluding hydrogens is 443 g/mol. The van der Waals surface area contributed by atoms with Crippen molar-refractivity contribution < 1.29 is 27.4 Å². The first-order valence-electron chi connectivity index (χ1n) is 11.3. The molecule has 0 spiro atoms. The summed E-state index contributed by atoms with van der Waals surface area (Å²) in [6, 6.07) is 25.5. The number of benzene rings is 3. The first-order valence-corrected chi connectivity index (χ1v) is 11.3. The molecule has 0 bridgehead atoms. The number of hydrogen-bond acceptors (Lipinski definition) is 4. The Hall–Kier alpha value is -2.71. The molecule has 4 rings (SSSR count). The van der Waals surface area contributed by atoms with Gasteiger partial charge in [0.25, 0.3) is 0 Å². The van der Waals surface area contributed by atoms with Gasteiger partial charge in [0.15, 0.2) is 0 Å².